The van der Waals surface area contributed by atoms with Gasteiger partial charge in [-0.05, 0) is 36.7 Å². The minimum absolute atomic E-state index is 0.386. The molecule has 0 saturated carbocycles. The van der Waals surface area contributed by atoms with E-state index in [0.717, 1.165) is 12.8 Å². The van der Waals surface area contributed by atoms with E-state index in [1.807, 2.05) is 0 Å². The summed E-state index contributed by atoms with van der Waals surface area (Å²) in [6.45, 7) is 9.13. The lowest BCUT2D eigenvalue weighted by molar-refractivity contribution is 0.393. The SMILES string of the molecule is CCC1=CCC(=CC(C)(CC)CC)C=C1. The van der Waals surface area contributed by atoms with Crippen LogP contribution in [0.4, 0.5) is 0 Å². The van der Waals surface area contributed by atoms with Crippen LogP contribution in [0.25, 0.3) is 0 Å². The fourth-order valence-corrected chi connectivity index (χ4v) is 1.87. The molecule has 0 saturated heterocycles. The molecule has 0 aromatic rings. The first kappa shape index (κ1) is 12.3. The fourth-order valence-electron chi connectivity index (χ4n) is 1.87. The van der Waals surface area contributed by atoms with Gasteiger partial charge < -0.3 is 0 Å². The van der Waals surface area contributed by atoms with Crippen LogP contribution in [0.1, 0.15) is 53.4 Å². The van der Waals surface area contributed by atoms with Crippen molar-refractivity contribution >= 4 is 0 Å². The minimum atomic E-state index is 0.386. The standard InChI is InChI=1S/C15H24/c1-5-13-8-10-14(11-9-13)12-15(4,6-2)7-3/h8-10,12H,5-7,11H2,1-4H3. The van der Waals surface area contributed by atoms with Crippen LogP contribution in [0, 0.1) is 5.41 Å². The Labute approximate surface area is 94.8 Å². The predicted molar refractivity (Wildman–Crippen MR) is 68.9 cm³/mol. The van der Waals surface area contributed by atoms with Gasteiger partial charge in [0.15, 0.2) is 0 Å². The van der Waals surface area contributed by atoms with E-state index in [2.05, 4.69) is 52.0 Å². The third-order valence-electron chi connectivity index (χ3n) is 3.67. The molecule has 0 aliphatic heterocycles. The van der Waals surface area contributed by atoms with Crippen LogP contribution in [0.2, 0.25) is 0 Å². The molecule has 0 bridgehead atoms. The van der Waals surface area contributed by atoms with E-state index in [4.69, 9.17) is 0 Å². The van der Waals surface area contributed by atoms with E-state index in [1.165, 1.54) is 24.0 Å². The van der Waals surface area contributed by atoms with Crippen LogP contribution in [0.5, 0.6) is 0 Å². The maximum atomic E-state index is 2.46. The number of hydrogen-bond donors (Lipinski definition) is 0. The van der Waals surface area contributed by atoms with Crippen molar-refractivity contribution in [2.24, 2.45) is 5.41 Å². The topological polar surface area (TPSA) is 0 Å². The molecule has 0 spiro atoms. The van der Waals surface area contributed by atoms with Gasteiger partial charge in [0.1, 0.15) is 0 Å². The molecule has 0 aromatic heterocycles. The van der Waals surface area contributed by atoms with Crippen molar-refractivity contribution in [3.05, 3.63) is 35.5 Å². The molecular weight excluding hydrogens is 180 g/mol. The molecule has 1 aliphatic rings. The Morgan fingerprint density at radius 1 is 1.20 bits per heavy atom. The summed E-state index contributed by atoms with van der Waals surface area (Å²) in [4.78, 5) is 0. The Bertz CT molecular complexity index is 285. The van der Waals surface area contributed by atoms with Crippen molar-refractivity contribution in [3.8, 4) is 0 Å². The first-order valence-corrected chi connectivity index (χ1v) is 6.22. The fraction of sp³-hybridized carbons (Fsp3) is 0.600. The molecule has 84 valence electrons. The summed E-state index contributed by atoms with van der Waals surface area (Å²) in [5.74, 6) is 0. The third-order valence-corrected chi connectivity index (χ3v) is 3.67. The molecule has 0 N–H and O–H groups in total. The molecule has 0 heteroatoms. The molecule has 0 unspecified atom stereocenters. The molecule has 0 heterocycles. The van der Waals surface area contributed by atoms with E-state index in [9.17, 15) is 0 Å². The molecule has 0 radical (unpaired) electrons. The molecule has 15 heavy (non-hydrogen) atoms. The van der Waals surface area contributed by atoms with Crippen molar-refractivity contribution in [2.45, 2.75) is 53.4 Å². The zero-order valence-corrected chi connectivity index (χ0v) is 10.6. The molecule has 1 rings (SSSR count). The van der Waals surface area contributed by atoms with Crippen molar-refractivity contribution in [1.29, 1.82) is 0 Å². The second-order valence-corrected chi connectivity index (χ2v) is 4.75. The van der Waals surface area contributed by atoms with Crippen LogP contribution in [-0.2, 0) is 0 Å². The van der Waals surface area contributed by atoms with Crippen molar-refractivity contribution in [2.75, 3.05) is 0 Å². The van der Waals surface area contributed by atoms with Gasteiger partial charge in [0.05, 0.1) is 0 Å². The van der Waals surface area contributed by atoms with Crippen LogP contribution >= 0.6 is 0 Å². The summed E-state index contributed by atoms with van der Waals surface area (Å²) in [5.41, 5.74) is 3.34. The molecular formula is C15H24. The Morgan fingerprint density at radius 2 is 1.87 bits per heavy atom. The Hall–Kier alpha value is -0.780. The van der Waals surface area contributed by atoms with Crippen molar-refractivity contribution in [3.63, 3.8) is 0 Å². The van der Waals surface area contributed by atoms with Gasteiger partial charge in [-0.1, -0.05) is 57.6 Å². The molecule has 0 nitrogen and oxygen atoms in total. The second-order valence-electron chi connectivity index (χ2n) is 4.75. The summed E-state index contributed by atoms with van der Waals surface area (Å²) in [6, 6.07) is 0. The number of hydrogen-bond acceptors (Lipinski definition) is 0. The highest BCUT2D eigenvalue weighted by Crippen LogP contribution is 2.31. The Balaban J connectivity index is 2.73. The maximum absolute atomic E-state index is 2.46. The van der Waals surface area contributed by atoms with E-state index in [0.29, 0.717) is 5.41 Å². The van der Waals surface area contributed by atoms with Crippen LogP contribution < -0.4 is 0 Å². The Kier molecular flexibility index (Phi) is 4.38. The summed E-state index contributed by atoms with van der Waals surface area (Å²) in [7, 11) is 0. The zero-order valence-electron chi connectivity index (χ0n) is 10.6. The molecule has 0 aromatic carbocycles. The van der Waals surface area contributed by atoms with E-state index < -0.39 is 0 Å². The van der Waals surface area contributed by atoms with E-state index in [1.54, 1.807) is 0 Å². The van der Waals surface area contributed by atoms with Gasteiger partial charge >= 0.3 is 0 Å². The highest BCUT2D eigenvalue weighted by molar-refractivity contribution is 5.36. The maximum Gasteiger partial charge on any atom is -0.00946 e. The summed E-state index contributed by atoms with van der Waals surface area (Å²) >= 11 is 0. The van der Waals surface area contributed by atoms with Gasteiger partial charge in [-0.2, -0.15) is 0 Å². The molecule has 0 atom stereocenters. The minimum Gasteiger partial charge on any atom is -0.0769 e. The van der Waals surface area contributed by atoms with Crippen LogP contribution in [-0.4, -0.2) is 0 Å². The monoisotopic (exact) mass is 204 g/mol. The smallest absolute Gasteiger partial charge is 0.00946 e. The Morgan fingerprint density at radius 3 is 2.27 bits per heavy atom. The van der Waals surface area contributed by atoms with Crippen molar-refractivity contribution < 1.29 is 0 Å². The van der Waals surface area contributed by atoms with Gasteiger partial charge in [0, 0.05) is 0 Å². The van der Waals surface area contributed by atoms with Crippen LogP contribution in [0.15, 0.2) is 35.5 Å². The lowest BCUT2D eigenvalue weighted by Gasteiger charge is -2.24. The largest absolute Gasteiger partial charge is 0.0769 e. The lowest BCUT2D eigenvalue weighted by atomic mass is 9.81. The second kappa shape index (κ2) is 5.34. The number of allylic oxidation sites excluding steroid dienone is 6. The summed E-state index contributed by atoms with van der Waals surface area (Å²) in [5, 5.41) is 0. The van der Waals surface area contributed by atoms with Gasteiger partial charge in [-0.3, -0.25) is 0 Å². The highest BCUT2D eigenvalue weighted by Gasteiger charge is 2.16. The normalized spacial score (nSPS) is 19.5. The predicted octanol–water partition coefficient (Wildman–Crippen LogP) is 5.04. The number of rotatable bonds is 4. The quantitative estimate of drug-likeness (QED) is 0.602. The van der Waals surface area contributed by atoms with Gasteiger partial charge in [-0.15, -0.1) is 0 Å². The molecule has 1 aliphatic carbocycles. The molecule has 0 fully saturated rings. The first-order chi connectivity index (χ1) is 7.13. The average Bonchev–Trinajstić information content (AvgIpc) is 2.30. The zero-order chi connectivity index (χ0) is 11.3. The third kappa shape index (κ3) is 3.37. The lowest BCUT2D eigenvalue weighted by Crippen LogP contribution is -2.10. The average molecular weight is 204 g/mol. The molecule has 0 amide bonds. The van der Waals surface area contributed by atoms with E-state index in [-0.39, 0.29) is 0 Å². The van der Waals surface area contributed by atoms with Gasteiger partial charge in [-0.25, -0.2) is 0 Å². The summed E-state index contributed by atoms with van der Waals surface area (Å²) in [6.07, 6.45) is 14.1. The van der Waals surface area contributed by atoms with Gasteiger partial charge in [0.2, 0.25) is 0 Å². The van der Waals surface area contributed by atoms with E-state index >= 15 is 0 Å². The summed E-state index contributed by atoms with van der Waals surface area (Å²) < 4.78 is 0. The van der Waals surface area contributed by atoms with Crippen LogP contribution in [0.3, 0.4) is 0 Å². The van der Waals surface area contributed by atoms with Crippen molar-refractivity contribution in [1.82, 2.24) is 0 Å². The first-order valence-electron chi connectivity index (χ1n) is 6.22. The highest BCUT2D eigenvalue weighted by atomic mass is 14.2. The van der Waals surface area contributed by atoms with Gasteiger partial charge in [0.25, 0.3) is 0 Å².